The fourth-order valence-corrected chi connectivity index (χ4v) is 4.61. The number of nitrogens with two attached hydrogens (primary N) is 1. The number of carbonyl (C=O) groups excluding carboxylic acids is 1. The molecule has 0 aliphatic heterocycles. The third kappa shape index (κ3) is 4.79. The van der Waals surface area contributed by atoms with E-state index in [4.69, 9.17) is 5.73 Å². The van der Waals surface area contributed by atoms with Crippen LogP contribution in [0, 0.1) is 0 Å². The smallest absolute Gasteiger partial charge is 0.403 e. The predicted octanol–water partition coefficient (Wildman–Crippen LogP) is 4.47. The Hall–Kier alpha value is -3.29. The van der Waals surface area contributed by atoms with Crippen LogP contribution in [0.5, 0.6) is 5.75 Å². The Bertz CT molecular complexity index is 1290. The summed E-state index contributed by atoms with van der Waals surface area (Å²) in [5, 5.41) is 5.61. The number of thiazole rings is 1. The maximum Gasteiger partial charge on any atom is 0.573 e. The Morgan fingerprint density at radius 1 is 1.19 bits per heavy atom. The van der Waals surface area contributed by atoms with E-state index in [9.17, 15) is 18.0 Å². The van der Waals surface area contributed by atoms with Crippen molar-refractivity contribution in [1.29, 1.82) is 0 Å². The minimum absolute atomic E-state index is 0.00715. The standard InChI is InChI=1S/C19H15F3N6O2S2/c1-24-17-25-5-4-10(26-17)12-2-3-13(31-12)16(29)28-18-27-15-11(30-19(20,21)22)6-9(8-23)7-14(15)32-18/h2-7H,8,23H2,1H3,(H,24,25,26)(H,27,28,29). The topological polar surface area (TPSA) is 115 Å². The summed E-state index contributed by atoms with van der Waals surface area (Å²) in [5.41, 5.74) is 6.67. The molecule has 4 rings (SSSR count). The number of aromatic nitrogens is 3. The van der Waals surface area contributed by atoms with E-state index in [1.807, 2.05) is 0 Å². The highest BCUT2D eigenvalue weighted by Gasteiger charge is 2.32. The van der Waals surface area contributed by atoms with Crippen molar-refractivity contribution in [2.45, 2.75) is 12.9 Å². The third-order valence-corrected chi connectivity index (χ3v) is 6.19. The summed E-state index contributed by atoms with van der Waals surface area (Å²) in [6.45, 7) is 0.0278. The van der Waals surface area contributed by atoms with E-state index in [0.717, 1.165) is 16.2 Å². The number of halogens is 3. The van der Waals surface area contributed by atoms with E-state index in [1.54, 1.807) is 37.5 Å². The number of alkyl halides is 3. The van der Waals surface area contributed by atoms with E-state index < -0.39 is 18.0 Å². The lowest BCUT2D eigenvalue weighted by Gasteiger charge is -2.10. The molecule has 4 aromatic rings. The predicted molar refractivity (Wildman–Crippen MR) is 117 cm³/mol. The number of hydrogen-bond acceptors (Lipinski definition) is 9. The van der Waals surface area contributed by atoms with E-state index >= 15 is 0 Å². The molecule has 0 aliphatic rings. The van der Waals surface area contributed by atoms with Gasteiger partial charge in [0.05, 0.1) is 20.1 Å². The Labute approximate surface area is 187 Å². The molecule has 0 aliphatic carbocycles. The minimum Gasteiger partial charge on any atom is -0.403 e. The van der Waals surface area contributed by atoms with Gasteiger partial charge in [-0.15, -0.1) is 24.5 Å². The van der Waals surface area contributed by atoms with Gasteiger partial charge >= 0.3 is 6.36 Å². The summed E-state index contributed by atoms with van der Waals surface area (Å²) in [7, 11) is 1.70. The normalized spacial score (nSPS) is 11.5. The zero-order chi connectivity index (χ0) is 22.9. The maximum absolute atomic E-state index is 12.8. The lowest BCUT2D eigenvalue weighted by molar-refractivity contribution is -0.274. The summed E-state index contributed by atoms with van der Waals surface area (Å²) in [4.78, 5) is 26.3. The number of hydrogen-bond donors (Lipinski definition) is 3. The molecule has 0 spiro atoms. The zero-order valence-electron chi connectivity index (χ0n) is 16.4. The van der Waals surface area contributed by atoms with Crippen molar-refractivity contribution in [3.63, 3.8) is 0 Å². The molecule has 32 heavy (non-hydrogen) atoms. The monoisotopic (exact) mass is 480 g/mol. The van der Waals surface area contributed by atoms with Gasteiger partial charge in [0.25, 0.3) is 5.91 Å². The first kappa shape index (κ1) is 21.9. The van der Waals surface area contributed by atoms with Crippen molar-refractivity contribution in [2.75, 3.05) is 17.7 Å². The molecule has 4 N–H and O–H groups in total. The molecule has 0 saturated heterocycles. The average molecular weight is 480 g/mol. The Kier molecular flexibility index (Phi) is 5.95. The van der Waals surface area contributed by atoms with Crippen molar-refractivity contribution in [3.05, 3.63) is 47.0 Å². The zero-order valence-corrected chi connectivity index (χ0v) is 18.0. The van der Waals surface area contributed by atoms with Crippen LogP contribution >= 0.6 is 22.7 Å². The van der Waals surface area contributed by atoms with Crippen molar-refractivity contribution in [2.24, 2.45) is 5.73 Å². The van der Waals surface area contributed by atoms with Gasteiger partial charge in [-0.2, -0.15) is 0 Å². The van der Waals surface area contributed by atoms with Gasteiger partial charge in [-0.3, -0.25) is 10.1 Å². The van der Waals surface area contributed by atoms with Crippen molar-refractivity contribution >= 4 is 49.9 Å². The SMILES string of the molecule is CNc1nccc(-c2ccc(C(=O)Nc3nc4c(OC(F)(F)F)cc(CN)cc4s3)s2)n1. The molecule has 0 fully saturated rings. The number of fused-ring (bicyclic) bond motifs is 1. The Morgan fingerprint density at radius 3 is 2.72 bits per heavy atom. The van der Waals surface area contributed by atoms with Crippen LogP contribution in [0.1, 0.15) is 15.2 Å². The van der Waals surface area contributed by atoms with Crippen LogP contribution in [0.15, 0.2) is 36.5 Å². The summed E-state index contributed by atoms with van der Waals surface area (Å²) in [6.07, 6.45) is -3.28. The number of nitrogens with one attached hydrogen (secondary N) is 2. The number of benzene rings is 1. The summed E-state index contributed by atoms with van der Waals surface area (Å²) >= 11 is 2.24. The second-order valence-electron chi connectivity index (χ2n) is 6.35. The molecule has 1 amide bonds. The molecular formula is C19H15F3N6O2S2. The molecule has 3 aromatic heterocycles. The van der Waals surface area contributed by atoms with Gasteiger partial charge in [-0.1, -0.05) is 11.3 Å². The first-order valence-electron chi connectivity index (χ1n) is 9.07. The number of nitrogens with zero attached hydrogens (tertiary/aromatic N) is 3. The highest BCUT2D eigenvalue weighted by atomic mass is 32.1. The highest BCUT2D eigenvalue weighted by Crippen LogP contribution is 2.37. The number of anilines is 2. The number of ether oxygens (including phenoxy) is 1. The van der Waals surface area contributed by atoms with Crippen molar-refractivity contribution in [1.82, 2.24) is 15.0 Å². The third-order valence-electron chi connectivity index (χ3n) is 4.16. The summed E-state index contributed by atoms with van der Waals surface area (Å²) in [5.74, 6) is -0.458. The van der Waals surface area contributed by atoms with Crippen LogP contribution in [0.4, 0.5) is 24.3 Å². The summed E-state index contributed by atoms with van der Waals surface area (Å²) in [6, 6.07) is 7.91. The number of rotatable bonds is 6. The van der Waals surface area contributed by atoms with E-state index in [-0.39, 0.29) is 17.2 Å². The van der Waals surface area contributed by atoms with Gasteiger partial charge in [-0.05, 0) is 35.9 Å². The maximum atomic E-state index is 12.8. The van der Waals surface area contributed by atoms with Gasteiger partial charge in [-0.25, -0.2) is 15.0 Å². The molecule has 0 saturated carbocycles. The number of carbonyl (C=O) groups is 1. The highest BCUT2D eigenvalue weighted by molar-refractivity contribution is 7.22. The first-order valence-corrected chi connectivity index (χ1v) is 10.7. The Balaban J connectivity index is 1.59. The lowest BCUT2D eigenvalue weighted by Crippen LogP contribution is -2.17. The lowest BCUT2D eigenvalue weighted by atomic mass is 10.2. The molecular weight excluding hydrogens is 465 g/mol. The molecule has 166 valence electrons. The van der Waals surface area contributed by atoms with E-state index in [1.165, 1.54) is 17.4 Å². The van der Waals surface area contributed by atoms with Crippen LogP contribution in [0.2, 0.25) is 0 Å². The van der Waals surface area contributed by atoms with Crippen LogP contribution in [0.25, 0.3) is 20.8 Å². The van der Waals surface area contributed by atoms with Crippen molar-refractivity contribution < 1.29 is 22.7 Å². The second kappa shape index (κ2) is 8.68. The van der Waals surface area contributed by atoms with Gasteiger partial charge in [0.2, 0.25) is 5.95 Å². The van der Waals surface area contributed by atoms with Gasteiger partial charge < -0.3 is 15.8 Å². The fourth-order valence-electron chi connectivity index (χ4n) is 2.80. The van der Waals surface area contributed by atoms with E-state index in [0.29, 0.717) is 26.8 Å². The largest absolute Gasteiger partial charge is 0.573 e. The van der Waals surface area contributed by atoms with Crippen LogP contribution < -0.4 is 21.1 Å². The van der Waals surface area contributed by atoms with Crippen LogP contribution in [-0.2, 0) is 6.54 Å². The van der Waals surface area contributed by atoms with Crippen molar-refractivity contribution in [3.8, 4) is 16.3 Å². The molecule has 1 aromatic carbocycles. The molecule has 13 heteroatoms. The second-order valence-corrected chi connectivity index (χ2v) is 8.46. The molecule has 0 bridgehead atoms. The van der Waals surface area contributed by atoms with Gasteiger partial charge in [0, 0.05) is 19.8 Å². The van der Waals surface area contributed by atoms with E-state index in [2.05, 4.69) is 30.3 Å². The fraction of sp³-hybridized carbons (Fsp3) is 0.158. The molecule has 8 nitrogen and oxygen atoms in total. The van der Waals surface area contributed by atoms with Crippen LogP contribution in [-0.4, -0.2) is 34.3 Å². The summed E-state index contributed by atoms with van der Waals surface area (Å²) < 4.78 is 42.8. The number of amides is 1. The van der Waals surface area contributed by atoms with Gasteiger partial charge in [0.15, 0.2) is 10.9 Å². The molecule has 0 unspecified atom stereocenters. The first-order chi connectivity index (χ1) is 15.3. The molecule has 0 radical (unpaired) electrons. The average Bonchev–Trinajstić information content (AvgIpc) is 3.40. The van der Waals surface area contributed by atoms with Crippen LogP contribution in [0.3, 0.4) is 0 Å². The minimum atomic E-state index is -4.88. The Morgan fingerprint density at radius 2 is 2.00 bits per heavy atom. The molecule has 0 atom stereocenters. The number of thiophene rings is 1. The quantitative estimate of drug-likeness (QED) is 0.373. The van der Waals surface area contributed by atoms with Gasteiger partial charge in [0.1, 0.15) is 5.52 Å². The molecule has 3 heterocycles.